The SMILES string of the molecule is CCNc1ccnc(N2CCN(Cc3cccc(OC)c3)[C@H](CCO)C2)n1. The molecule has 27 heavy (non-hydrogen) atoms. The highest BCUT2D eigenvalue weighted by Crippen LogP contribution is 2.22. The van der Waals surface area contributed by atoms with Gasteiger partial charge >= 0.3 is 0 Å². The van der Waals surface area contributed by atoms with Gasteiger partial charge in [-0.25, -0.2) is 4.98 Å². The second-order valence-corrected chi connectivity index (χ2v) is 6.71. The Morgan fingerprint density at radius 3 is 2.96 bits per heavy atom. The van der Waals surface area contributed by atoms with Gasteiger partial charge in [0.05, 0.1) is 7.11 Å². The van der Waals surface area contributed by atoms with Crippen molar-refractivity contribution in [2.45, 2.75) is 25.9 Å². The molecule has 2 N–H and O–H groups in total. The Kier molecular flexibility index (Phi) is 6.84. The van der Waals surface area contributed by atoms with Crippen LogP contribution in [0, 0.1) is 0 Å². The Hall–Kier alpha value is -2.38. The number of piperazine rings is 1. The molecule has 1 aliphatic rings. The van der Waals surface area contributed by atoms with Crippen LogP contribution in [0.25, 0.3) is 0 Å². The maximum atomic E-state index is 9.55. The summed E-state index contributed by atoms with van der Waals surface area (Å²) in [4.78, 5) is 13.7. The highest BCUT2D eigenvalue weighted by molar-refractivity contribution is 5.41. The molecule has 0 bridgehead atoms. The van der Waals surface area contributed by atoms with E-state index < -0.39 is 0 Å². The van der Waals surface area contributed by atoms with Crippen molar-refractivity contribution in [3.8, 4) is 5.75 Å². The number of ether oxygens (including phenoxy) is 1. The quantitative estimate of drug-likeness (QED) is 0.735. The number of hydrogen-bond acceptors (Lipinski definition) is 7. The van der Waals surface area contributed by atoms with Crippen molar-refractivity contribution in [1.29, 1.82) is 0 Å². The highest BCUT2D eigenvalue weighted by Gasteiger charge is 2.28. The van der Waals surface area contributed by atoms with Crippen molar-refractivity contribution in [2.24, 2.45) is 0 Å². The van der Waals surface area contributed by atoms with Crippen LogP contribution in [-0.4, -0.2) is 65.9 Å². The van der Waals surface area contributed by atoms with Gasteiger partial charge in [-0.3, -0.25) is 4.90 Å². The third-order valence-electron chi connectivity index (χ3n) is 4.87. The summed E-state index contributed by atoms with van der Waals surface area (Å²) < 4.78 is 5.34. The van der Waals surface area contributed by atoms with Gasteiger partial charge in [0, 0.05) is 51.6 Å². The number of hydrogen-bond donors (Lipinski definition) is 2. The van der Waals surface area contributed by atoms with E-state index in [1.165, 1.54) is 5.56 Å². The summed E-state index contributed by atoms with van der Waals surface area (Å²) in [6.45, 7) is 6.46. The zero-order valence-corrected chi connectivity index (χ0v) is 16.1. The number of benzene rings is 1. The maximum Gasteiger partial charge on any atom is 0.227 e. The molecule has 0 amide bonds. The number of rotatable bonds is 8. The minimum atomic E-state index is 0.172. The van der Waals surface area contributed by atoms with Crippen molar-refractivity contribution in [3.05, 3.63) is 42.1 Å². The molecule has 146 valence electrons. The van der Waals surface area contributed by atoms with Crippen LogP contribution in [0.1, 0.15) is 18.9 Å². The molecular formula is C20H29N5O2. The van der Waals surface area contributed by atoms with Gasteiger partial charge in [0.15, 0.2) is 0 Å². The third kappa shape index (κ3) is 5.08. The Morgan fingerprint density at radius 2 is 2.19 bits per heavy atom. The average Bonchev–Trinajstić information content (AvgIpc) is 2.70. The molecule has 2 aromatic rings. The largest absolute Gasteiger partial charge is 0.497 e. The standard InChI is InChI=1S/C20H29N5O2/c1-3-21-19-7-9-22-20(23-19)25-11-10-24(17(15-25)8-12-26)14-16-5-4-6-18(13-16)27-2/h4-7,9,13,17,26H,3,8,10-12,14-15H2,1-2H3,(H,21,22,23)/t17-/m1/s1. The van der Waals surface area contributed by atoms with Crippen LogP contribution in [0.5, 0.6) is 5.75 Å². The van der Waals surface area contributed by atoms with E-state index in [0.29, 0.717) is 0 Å². The fourth-order valence-corrected chi connectivity index (χ4v) is 3.49. The van der Waals surface area contributed by atoms with E-state index in [4.69, 9.17) is 4.74 Å². The molecule has 2 heterocycles. The summed E-state index contributed by atoms with van der Waals surface area (Å²) in [7, 11) is 1.69. The second kappa shape index (κ2) is 9.53. The molecule has 7 heteroatoms. The number of anilines is 2. The van der Waals surface area contributed by atoms with Crippen LogP contribution < -0.4 is 15.0 Å². The van der Waals surface area contributed by atoms with E-state index >= 15 is 0 Å². The van der Waals surface area contributed by atoms with Crippen molar-refractivity contribution in [2.75, 3.05) is 50.1 Å². The number of nitrogens with zero attached hydrogens (tertiary/aromatic N) is 4. The predicted octanol–water partition coefficient (Wildman–Crippen LogP) is 1.99. The highest BCUT2D eigenvalue weighted by atomic mass is 16.5. The van der Waals surface area contributed by atoms with Gasteiger partial charge in [0.25, 0.3) is 0 Å². The number of methoxy groups -OCH3 is 1. The fraction of sp³-hybridized carbons (Fsp3) is 0.500. The first kappa shape index (κ1) is 19.4. The molecule has 3 rings (SSSR count). The molecule has 0 aliphatic carbocycles. The Morgan fingerprint density at radius 1 is 1.30 bits per heavy atom. The molecule has 1 saturated heterocycles. The zero-order valence-electron chi connectivity index (χ0n) is 16.1. The van der Waals surface area contributed by atoms with Gasteiger partial charge in [-0.05, 0) is 37.1 Å². The first-order valence-corrected chi connectivity index (χ1v) is 9.53. The molecule has 1 aromatic heterocycles. The minimum absolute atomic E-state index is 0.172. The molecule has 1 fully saturated rings. The van der Waals surface area contributed by atoms with E-state index in [2.05, 4.69) is 44.1 Å². The zero-order chi connectivity index (χ0) is 19.1. The maximum absolute atomic E-state index is 9.55. The van der Waals surface area contributed by atoms with Crippen LogP contribution in [0.3, 0.4) is 0 Å². The fourth-order valence-electron chi connectivity index (χ4n) is 3.49. The molecule has 0 spiro atoms. The van der Waals surface area contributed by atoms with Crippen molar-refractivity contribution < 1.29 is 9.84 Å². The molecule has 0 radical (unpaired) electrons. The molecular weight excluding hydrogens is 342 g/mol. The van der Waals surface area contributed by atoms with Gasteiger partial charge in [-0.2, -0.15) is 4.98 Å². The number of aliphatic hydroxyl groups is 1. The lowest BCUT2D eigenvalue weighted by Crippen LogP contribution is -2.53. The van der Waals surface area contributed by atoms with Crippen LogP contribution in [0.4, 0.5) is 11.8 Å². The van der Waals surface area contributed by atoms with Gasteiger partial charge in [0.1, 0.15) is 11.6 Å². The van der Waals surface area contributed by atoms with Crippen molar-refractivity contribution >= 4 is 11.8 Å². The van der Waals surface area contributed by atoms with Crippen molar-refractivity contribution in [1.82, 2.24) is 14.9 Å². The summed E-state index contributed by atoms with van der Waals surface area (Å²) in [6, 6.07) is 10.3. The monoisotopic (exact) mass is 371 g/mol. The van der Waals surface area contributed by atoms with Gasteiger partial charge in [0.2, 0.25) is 5.95 Å². The molecule has 1 aliphatic heterocycles. The van der Waals surface area contributed by atoms with Crippen molar-refractivity contribution in [3.63, 3.8) is 0 Å². The van der Waals surface area contributed by atoms with E-state index in [1.807, 2.05) is 18.2 Å². The lowest BCUT2D eigenvalue weighted by atomic mass is 10.1. The number of aromatic nitrogens is 2. The molecule has 0 unspecified atom stereocenters. The predicted molar refractivity (Wildman–Crippen MR) is 107 cm³/mol. The lowest BCUT2D eigenvalue weighted by molar-refractivity contribution is 0.135. The number of nitrogens with one attached hydrogen (secondary N) is 1. The topological polar surface area (TPSA) is 73.8 Å². The first-order valence-electron chi connectivity index (χ1n) is 9.53. The van der Waals surface area contributed by atoms with Crippen LogP contribution in [0.15, 0.2) is 36.5 Å². The molecule has 0 saturated carbocycles. The minimum Gasteiger partial charge on any atom is -0.497 e. The summed E-state index contributed by atoms with van der Waals surface area (Å²) in [6.07, 6.45) is 2.53. The summed E-state index contributed by atoms with van der Waals surface area (Å²) in [5.41, 5.74) is 1.22. The normalized spacial score (nSPS) is 17.7. The van der Waals surface area contributed by atoms with Gasteiger partial charge < -0.3 is 20.1 Å². The molecule has 1 atom stereocenters. The average molecular weight is 371 g/mol. The van der Waals surface area contributed by atoms with Crippen LogP contribution in [-0.2, 0) is 6.54 Å². The van der Waals surface area contributed by atoms with Crippen LogP contribution >= 0.6 is 0 Å². The van der Waals surface area contributed by atoms with Gasteiger partial charge in [-0.1, -0.05) is 12.1 Å². The van der Waals surface area contributed by atoms with E-state index in [1.54, 1.807) is 13.3 Å². The van der Waals surface area contributed by atoms with E-state index in [9.17, 15) is 5.11 Å². The Balaban J connectivity index is 1.70. The summed E-state index contributed by atoms with van der Waals surface area (Å²) in [5, 5.41) is 12.8. The summed E-state index contributed by atoms with van der Waals surface area (Å²) >= 11 is 0. The van der Waals surface area contributed by atoms with Gasteiger partial charge in [-0.15, -0.1) is 0 Å². The second-order valence-electron chi connectivity index (χ2n) is 6.71. The Labute approximate surface area is 161 Å². The first-order chi connectivity index (χ1) is 13.2. The molecule has 7 nitrogen and oxygen atoms in total. The summed E-state index contributed by atoms with van der Waals surface area (Å²) in [5.74, 6) is 2.47. The third-order valence-corrected chi connectivity index (χ3v) is 4.87. The number of aliphatic hydroxyl groups excluding tert-OH is 1. The van der Waals surface area contributed by atoms with E-state index in [0.717, 1.165) is 56.7 Å². The Bertz CT molecular complexity index is 727. The molecule has 1 aromatic carbocycles. The van der Waals surface area contributed by atoms with Crippen LogP contribution in [0.2, 0.25) is 0 Å². The van der Waals surface area contributed by atoms with E-state index in [-0.39, 0.29) is 12.6 Å². The smallest absolute Gasteiger partial charge is 0.227 e. The lowest BCUT2D eigenvalue weighted by Gasteiger charge is -2.41.